The van der Waals surface area contributed by atoms with Crippen molar-refractivity contribution in [2.75, 3.05) is 0 Å². The van der Waals surface area contributed by atoms with E-state index in [9.17, 15) is 13.2 Å². The van der Waals surface area contributed by atoms with Crippen LogP contribution < -0.4 is 0 Å². The minimum Gasteiger partial charge on any atom is -0.469 e. The summed E-state index contributed by atoms with van der Waals surface area (Å²) in [6.07, 6.45) is -0.151. The highest BCUT2D eigenvalue weighted by molar-refractivity contribution is 5.20. The maximum absolute atomic E-state index is 12.3. The Bertz CT molecular complexity index is 275. The molecule has 0 N–H and O–H groups in total. The SMILES string of the molecule is CCCCCc1occc1C(F)(F)F. The summed E-state index contributed by atoms with van der Waals surface area (Å²) in [7, 11) is 0. The topological polar surface area (TPSA) is 13.1 Å². The second-order valence-electron chi connectivity index (χ2n) is 3.21. The van der Waals surface area contributed by atoms with Gasteiger partial charge in [0.2, 0.25) is 0 Å². The molecule has 80 valence electrons. The lowest BCUT2D eigenvalue weighted by Crippen LogP contribution is -2.06. The van der Waals surface area contributed by atoms with Gasteiger partial charge in [-0.1, -0.05) is 19.8 Å². The van der Waals surface area contributed by atoms with Gasteiger partial charge in [0.25, 0.3) is 0 Å². The normalized spacial score (nSPS) is 12.0. The van der Waals surface area contributed by atoms with Crippen LogP contribution in [0, 0.1) is 0 Å². The number of halogens is 3. The van der Waals surface area contributed by atoms with Crippen molar-refractivity contribution < 1.29 is 17.6 Å². The fourth-order valence-electron chi connectivity index (χ4n) is 1.32. The summed E-state index contributed by atoms with van der Waals surface area (Å²) in [5, 5.41) is 0. The third-order valence-electron chi connectivity index (χ3n) is 2.06. The smallest absolute Gasteiger partial charge is 0.419 e. The highest BCUT2D eigenvalue weighted by Crippen LogP contribution is 2.33. The van der Waals surface area contributed by atoms with Gasteiger partial charge in [-0.05, 0) is 12.5 Å². The van der Waals surface area contributed by atoms with Gasteiger partial charge in [-0.3, -0.25) is 0 Å². The fourth-order valence-corrected chi connectivity index (χ4v) is 1.32. The van der Waals surface area contributed by atoms with Crippen LogP contribution in [0.5, 0.6) is 0 Å². The highest BCUT2D eigenvalue weighted by Gasteiger charge is 2.34. The first-order valence-electron chi connectivity index (χ1n) is 4.69. The van der Waals surface area contributed by atoms with Gasteiger partial charge >= 0.3 is 6.18 Å². The summed E-state index contributed by atoms with van der Waals surface area (Å²) in [6, 6.07) is 0.987. The van der Waals surface area contributed by atoms with Crippen LogP contribution in [0.1, 0.15) is 37.5 Å². The Morgan fingerprint density at radius 3 is 2.57 bits per heavy atom. The quantitative estimate of drug-likeness (QED) is 0.678. The molecule has 0 saturated carbocycles. The molecule has 0 saturated heterocycles. The van der Waals surface area contributed by atoms with E-state index in [1.54, 1.807) is 0 Å². The monoisotopic (exact) mass is 206 g/mol. The first-order valence-corrected chi connectivity index (χ1v) is 4.69. The lowest BCUT2D eigenvalue weighted by atomic mass is 10.1. The molecule has 1 aromatic heterocycles. The van der Waals surface area contributed by atoms with Crippen molar-refractivity contribution in [1.29, 1.82) is 0 Å². The molecule has 0 atom stereocenters. The van der Waals surface area contributed by atoms with E-state index in [0.29, 0.717) is 6.42 Å². The van der Waals surface area contributed by atoms with Crippen molar-refractivity contribution in [3.8, 4) is 0 Å². The molecule has 0 amide bonds. The molecule has 0 aliphatic heterocycles. The third-order valence-corrected chi connectivity index (χ3v) is 2.06. The first-order chi connectivity index (χ1) is 6.55. The van der Waals surface area contributed by atoms with Crippen molar-refractivity contribution in [1.82, 2.24) is 0 Å². The van der Waals surface area contributed by atoms with Crippen molar-refractivity contribution in [2.24, 2.45) is 0 Å². The molecule has 0 aromatic carbocycles. The highest BCUT2D eigenvalue weighted by atomic mass is 19.4. The molecule has 1 rings (SSSR count). The van der Waals surface area contributed by atoms with E-state index in [1.165, 1.54) is 0 Å². The number of furan rings is 1. The molecular formula is C10H13F3O. The summed E-state index contributed by atoms with van der Waals surface area (Å²) in [5.41, 5.74) is -0.631. The van der Waals surface area contributed by atoms with E-state index >= 15 is 0 Å². The number of hydrogen-bond acceptors (Lipinski definition) is 1. The Kier molecular flexibility index (Phi) is 3.61. The largest absolute Gasteiger partial charge is 0.469 e. The molecule has 0 aliphatic rings. The van der Waals surface area contributed by atoms with Gasteiger partial charge in [0.15, 0.2) is 0 Å². The van der Waals surface area contributed by atoms with Crippen molar-refractivity contribution in [3.63, 3.8) is 0 Å². The first kappa shape index (κ1) is 11.1. The van der Waals surface area contributed by atoms with Crippen LogP contribution in [0.25, 0.3) is 0 Å². The predicted octanol–water partition coefficient (Wildman–Crippen LogP) is 4.03. The van der Waals surface area contributed by atoms with Gasteiger partial charge in [0, 0.05) is 6.42 Å². The third kappa shape index (κ3) is 2.79. The maximum Gasteiger partial charge on any atom is 0.419 e. The zero-order valence-corrected chi connectivity index (χ0v) is 8.03. The van der Waals surface area contributed by atoms with Crippen LogP contribution >= 0.6 is 0 Å². The van der Waals surface area contributed by atoms with E-state index in [0.717, 1.165) is 31.6 Å². The molecule has 4 heteroatoms. The summed E-state index contributed by atoms with van der Waals surface area (Å²) in [6.45, 7) is 2.01. The lowest BCUT2D eigenvalue weighted by Gasteiger charge is -2.05. The molecule has 0 unspecified atom stereocenters. The van der Waals surface area contributed by atoms with Crippen molar-refractivity contribution in [2.45, 2.75) is 38.8 Å². The number of alkyl halides is 3. The number of aryl methyl sites for hydroxylation is 1. The minimum atomic E-state index is -4.28. The minimum absolute atomic E-state index is 0.0611. The predicted molar refractivity (Wildman–Crippen MR) is 46.9 cm³/mol. The number of unbranched alkanes of at least 4 members (excludes halogenated alkanes) is 2. The molecule has 0 spiro atoms. The molecule has 0 bridgehead atoms. The Labute approximate surface area is 80.9 Å². The van der Waals surface area contributed by atoms with E-state index in [2.05, 4.69) is 0 Å². The van der Waals surface area contributed by atoms with E-state index in [4.69, 9.17) is 4.42 Å². The molecule has 0 fully saturated rings. The molecular weight excluding hydrogens is 193 g/mol. The van der Waals surface area contributed by atoms with Gasteiger partial charge < -0.3 is 4.42 Å². The maximum atomic E-state index is 12.3. The van der Waals surface area contributed by atoms with E-state index < -0.39 is 11.7 Å². The Balaban J connectivity index is 2.63. The zero-order chi connectivity index (χ0) is 10.6. The summed E-state index contributed by atoms with van der Waals surface area (Å²) in [5.74, 6) is 0.0611. The molecule has 14 heavy (non-hydrogen) atoms. The Morgan fingerprint density at radius 1 is 1.29 bits per heavy atom. The molecule has 0 radical (unpaired) electrons. The van der Waals surface area contributed by atoms with E-state index in [-0.39, 0.29) is 5.76 Å². The molecule has 1 aromatic rings. The van der Waals surface area contributed by atoms with Gasteiger partial charge in [-0.15, -0.1) is 0 Å². The Hall–Kier alpha value is -0.930. The van der Waals surface area contributed by atoms with Crippen molar-refractivity contribution in [3.05, 3.63) is 23.7 Å². The number of hydrogen-bond donors (Lipinski definition) is 0. The average Bonchev–Trinajstić information content (AvgIpc) is 2.52. The number of rotatable bonds is 4. The Morgan fingerprint density at radius 2 is 2.00 bits per heavy atom. The second kappa shape index (κ2) is 4.53. The summed E-state index contributed by atoms with van der Waals surface area (Å²) >= 11 is 0. The van der Waals surface area contributed by atoms with E-state index in [1.807, 2.05) is 6.92 Å². The summed E-state index contributed by atoms with van der Waals surface area (Å²) < 4.78 is 41.8. The van der Waals surface area contributed by atoms with Crippen LogP contribution in [0.15, 0.2) is 16.7 Å². The molecule has 0 aliphatic carbocycles. The van der Waals surface area contributed by atoms with Crippen LogP contribution in [0.2, 0.25) is 0 Å². The molecule has 1 nitrogen and oxygen atoms in total. The lowest BCUT2D eigenvalue weighted by molar-refractivity contribution is -0.138. The van der Waals surface area contributed by atoms with Crippen LogP contribution in [-0.4, -0.2) is 0 Å². The average molecular weight is 206 g/mol. The van der Waals surface area contributed by atoms with Gasteiger partial charge in [-0.2, -0.15) is 13.2 Å². The van der Waals surface area contributed by atoms with Gasteiger partial charge in [0.1, 0.15) is 5.76 Å². The van der Waals surface area contributed by atoms with Crippen LogP contribution in [-0.2, 0) is 12.6 Å². The fraction of sp³-hybridized carbons (Fsp3) is 0.600. The van der Waals surface area contributed by atoms with Gasteiger partial charge in [0.05, 0.1) is 11.8 Å². The van der Waals surface area contributed by atoms with Gasteiger partial charge in [-0.25, -0.2) is 0 Å². The zero-order valence-electron chi connectivity index (χ0n) is 8.03. The molecule has 1 heterocycles. The summed E-state index contributed by atoms with van der Waals surface area (Å²) in [4.78, 5) is 0. The van der Waals surface area contributed by atoms with Crippen molar-refractivity contribution >= 4 is 0 Å². The standard InChI is InChI=1S/C10H13F3O/c1-2-3-4-5-9-8(6-7-14-9)10(11,12)13/h6-7H,2-5H2,1H3. The van der Waals surface area contributed by atoms with Crippen LogP contribution in [0.4, 0.5) is 13.2 Å². The second-order valence-corrected chi connectivity index (χ2v) is 3.21. The van der Waals surface area contributed by atoms with Crippen LogP contribution in [0.3, 0.4) is 0 Å².